The van der Waals surface area contributed by atoms with Gasteiger partial charge in [0.15, 0.2) is 0 Å². The zero-order valence-electron chi connectivity index (χ0n) is 11.9. The topological polar surface area (TPSA) is 36.8 Å². The van der Waals surface area contributed by atoms with Crippen molar-refractivity contribution in [1.29, 1.82) is 0 Å². The van der Waals surface area contributed by atoms with E-state index >= 15 is 0 Å². The average molecular weight is 491 g/mol. The predicted molar refractivity (Wildman–Crippen MR) is 86.4 cm³/mol. The Morgan fingerprint density at radius 2 is 1.28 bits per heavy atom. The van der Waals surface area contributed by atoms with Gasteiger partial charge in [0.05, 0.1) is 16.8 Å². The van der Waals surface area contributed by atoms with Crippen molar-refractivity contribution < 1.29 is 26.3 Å². The van der Waals surface area contributed by atoms with Crippen molar-refractivity contribution >= 4 is 43.2 Å². The number of rotatable bonds is 3. The summed E-state index contributed by atoms with van der Waals surface area (Å²) in [6, 6.07) is 6.10. The van der Waals surface area contributed by atoms with E-state index in [1.54, 1.807) is 0 Å². The van der Waals surface area contributed by atoms with Crippen molar-refractivity contribution in [2.24, 2.45) is 10.3 Å². The molecular formula is C14H7Br2F6N3. The van der Waals surface area contributed by atoms with Crippen LogP contribution >= 0.6 is 31.9 Å². The molecule has 0 aromatic heterocycles. The largest absolute Gasteiger partial charge is 0.418 e. The molecule has 0 aliphatic rings. The number of nitrogens with one attached hydrogen (secondary N) is 1. The van der Waals surface area contributed by atoms with Gasteiger partial charge in [-0.3, -0.25) is 5.43 Å². The third kappa shape index (κ3) is 5.18. The molecular weight excluding hydrogens is 484 g/mol. The summed E-state index contributed by atoms with van der Waals surface area (Å²) >= 11 is 6.02. The van der Waals surface area contributed by atoms with Crippen LogP contribution in [0.5, 0.6) is 0 Å². The van der Waals surface area contributed by atoms with Gasteiger partial charge in [0.2, 0.25) is 0 Å². The molecule has 0 bridgehead atoms. The molecule has 2 aromatic carbocycles. The molecule has 0 radical (unpaired) electrons. The van der Waals surface area contributed by atoms with Crippen molar-refractivity contribution in [3.8, 4) is 0 Å². The molecule has 1 N–H and O–H groups in total. The minimum Gasteiger partial charge on any atom is -0.259 e. The third-order valence-corrected chi connectivity index (χ3v) is 3.87. The molecule has 0 unspecified atom stereocenters. The molecule has 2 aromatic rings. The van der Waals surface area contributed by atoms with Gasteiger partial charge in [-0.25, -0.2) is 0 Å². The second-order valence-electron chi connectivity index (χ2n) is 4.66. The van der Waals surface area contributed by atoms with Crippen LogP contribution in [0.15, 0.2) is 55.7 Å². The first kappa shape index (κ1) is 19.7. The first-order chi connectivity index (χ1) is 11.5. The van der Waals surface area contributed by atoms with Gasteiger partial charge in [-0.2, -0.15) is 26.3 Å². The lowest BCUT2D eigenvalue weighted by Gasteiger charge is -2.12. The Morgan fingerprint density at radius 1 is 0.760 bits per heavy atom. The molecule has 0 amide bonds. The Bertz CT molecular complexity index is 802. The normalized spacial score (nSPS) is 12.6. The van der Waals surface area contributed by atoms with Crippen molar-refractivity contribution in [2.75, 3.05) is 5.43 Å². The maximum Gasteiger partial charge on any atom is 0.418 e. The van der Waals surface area contributed by atoms with Crippen molar-refractivity contribution in [2.45, 2.75) is 12.4 Å². The Labute approximate surface area is 154 Å². The molecule has 0 fully saturated rings. The van der Waals surface area contributed by atoms with E-state index in [2.05, 4.69) is 42.2 Å². The van der Waals surface area contributed by atoms with Crippen LogP contribution < -0.4 is 5.43 Å². The number of hydrogen-bond acceptors (Lipinski definition) is 2. The third-order valence-electron chi connectivity index (χ3n) is 2.88. The molecule has 134 valence electrons. The summed E-state index contributed by atoms with van der Waals surface area (Å²) in [5.41, 5.74) is -1.05. The van der Waals surface area contributed by atoms with Crippen molar-refractivity contribution in [3.63, 3.8) is 0 Å². The number of halogens is 8. The monoisotopic (exact) mass is 489 g/mol. The summed E-state index contributed by atoms with van der Waals surface area (Å²) in [5.74, 6) is 0. The minimum absolute atomic E-state index is 0.313. The molecule has 2 rings (SSSR count). The lowest BCUT2D eigenvalue weighted by atomic mass is 10.2. The van der Waals surface area contributed by atoms with Gasteiger partial charge in [0.1, 0.15) is 5.69 Å². The summed E-state index contributed by atoms with van der Waals surface area (Å²) in [5, 5.41) is 6.64. The highest BCUT2D eigenvalue weighted by Gasteiger charge is 2.34. The number of benzene rings is 2. The predicted octanol–water partition coefficient (Wildman–Crippen LogP) is 7.36. The van der Waals surface area contributed by atoms with Crippen LogP contribution in [-0.4, -0.2) is 0 Å². The fourth-order valence-corrected chi connectivity index (χ4v) is 2.53. The van der Waals surface area contributed by atoms with Crippen LogP contribution in [0.3, 0.4) is 0 Å². The summed E-state index contributed by atoms with van der Waals surface area (Å²) < 4.78 is 78.1. The summed E-state index contributed by atoms with van der Waals surface area (Å²) in [6.07, 6.45) is -9.34. The van der Waals surface area contributed by atoms with Gasteiger partial charge >= 0.3 is 12.4 Å². The van der Waals surface area contributed by atoms with Gasteiger partial charge in [-0.15, -0.1) is 5.11 Å². The first-order valence-electron chi connectivity index (χ1n) is 6.39. The minimum atomic E-state index is -4.68. The van der Waals surface area contributed by atoms with E-state index in [1.165, 1.54) is 12.1 Å². The second kappa shape index (κ2) is 7.32. The average Bonchev–Trinajstić information content (AvgIpc) is 2.44. The first-order valence-corrected chi connectivity index (χ1v) is 7.97. The molecule has 25 heavy (non-hydrogen) atoms. The fourth-order valence-electron chi connectivity index (χ4n) is 1.82. The van der Waals surface area contributed by atoms with Crippen LogP contribution in [0.1, 0.15) is 11.1 Å². The van der Waals surface area contributed by atoms with Gasteiger partial charge in [0.25, 0.3) is 0 Å². The second-order valence-corrected chi connectivity index (χ2v) is 6.49. The molecule has 0 atom stereocenters. The molecule has 3 nitrogen and oxygen atoms in total. The Balaban J connectivity index is 2.34. The van der Waals surface area contributed by atoms with E-state index in [-0.39, 0.29) is 0 Å². The maximum atomic E-state index is 12.9. The van der Waals surface area contributed by atoms with Crippen LogP contribution in [0.4, 0.5) is 37.7 Å². The van der Waals surface area contributed by atoms with E-state index in [1.807, 2.05) is 5.43 Å². The van der Waals surface area contributed by atoms with Crippen molar-refractivity contribution in [3.05, 3.63) is 56.5 Å². The maximum absolute atomic E-state index is 12.9. The van der Waals surface area contributed by atoms with Crippen LogP contribution in [0.25, 0.3) is 0 Å². The zero-order chi connectivity index (χ0) is 18.8. The highest BCUT2D eigenvalue weighted by atomic mass is 79.9. The molecule has 0 heterocycles. The Morgan fingerprint density at radius 3 is 1.84 bits per heavy atom. The SMILES string of the molecule is FC(F)(F)c1ccc(Br)cc1N=NNc1cc(Br)ccc1C(F)(F)F. The van der Waals surface area contributed by atoms with E-state index in [4.69, 9.17) is 0 Å². The van der Waals surface area contributed by atoms with Crippen molar-refractivity contribution in [1.82, 2.24) is 0 Å². The molecule has 0 aliphatic heterocycles. The van der Waals surface area contributed by atoms with E-state index in [0.29, 0.717) is 8.95 Å². The van der Waals surface area contributed by atoms with Crippen LogP contribution in [0.2, 0.25) is 0 Å². The highest BCUT2D eigenvalue weighted by molar-refractivity contribution is 9.10. The van der Waals surface area contributed by atoms with Gasteiger partial charge in [0, 0.05) is 8.95 Å². The summed E-state index contributed by atoms with van der Waals surface area (Å²) in [4.78, 5) is 0. The highest BCUT2D eigenvalue weighted by Crippen LogP contribution is 2.39. The molecule has 0 saturated carbocycles. The number of alkyl halides is 6. The lowest BCUT2D eigenvalue weighted by Crippen LogP contribution is -2.08. The van der Waals surface area contributed by atoms with E-state index < -0.39 is 34.9 Å². The zero-order valence-corrected chi connectivity index (χ0v) is 15.1. The number of nitrogens with zero attached hydrogens (tertiary/aromatic N) is 2. The van der Waals surface area contributed by atoms with Gasteiger partial charge < -0.3 is 0 Å². The number of anilines is 1. The quantitative estimate of drug-likeness (QED) is 0.272. The van der Waals surface area contributed by atoms with E-state index in [9.17, 15) is 26.3 Å². The Hall–Kier alpha value is -1.62. The molecule has 11 heteroatoms. The van der Waals surface area contributed by atoms with Crippen LogP contribution in [0, 0.1) is 0 Å². The molecule has 0 spiro atoms. The smallest absolute Gasteiger partial charge is 0.259 e. The standard InChI is InChI=1S/C14H7Br2F6N3/c15-7-1-3-9(13(17,18)19)11(5-7)23-25-24-12-6-8(16)2-4-10(12)14(20,21)22/h1-6H,(H,23,24). The molecule has 0 aliphatic carbocycles. The number of hydrogen-bond donors (Lipinski definition) is 1. The summed E-state index contributed by atoms with van der Waals surface area (Å²) in [7, 11) is 0. The van der Waals surface area contributed by atoms with Gasteiger partial charge in [-0.05, 0) is 36.4 Å². The fraction of sp³-hybridized carbons (Fsp3) is 0.143. The Kier molecular flexibility index (Phi) is 5.77. The van der Waals surface area contributed by atoms with E-state index in [0.717, 1.165) is 24.3 Å². The van der Waals surface area contributed by atoms with Crippen LogP contribution in [-0.2, 0) is 12.4 Å². The van der Waals surface area contributed by atoms with Gasteiger partial charge in [-0.1, -0.05) is 37.1 Å². The molecule has 0 saturated heterocycles. The lowest BCUT2D eigenvalue weighted by molar-refractivity contribution is -0.137. The summed E-state index contributed by atoms with van der Waals surface area (Å²) in [6.45, 7) is 0.